The van der Waals surface area contributed by atoms with E-state index in [-0.39, 0.29) is 11.5 Å². The third-order valence-electron chi connectivity index (χ3n) is 4.53. The summed E-state index contributed by atoms with van der Waals surface area (Å²) < 4.78 is 1.38. The van der Waals surface area contributed by atoms with Gasteiger partial charge in [0.25, 0.3) is 11.5 Å². The van der Waals surface area contributed by atoms with Crippen molar-refractivity contribution < 1.29 is 4.79 Å². The largest absolute Gasteiger partial charge is 0.337 e. The second-order valence-electron chi connectivity index (χ2n) is 6.67. The van der Waals surface area contributed by atoms with Gasteiger partial charge in [0, 0.05) is 25.0 Å². The molecule has 1 fully saturated rings. The van der Waals surface area contributed by atoms with Crippen molar-refractivity contribution >= 4 is 16.7 Å². The highest BCUT2D eigenvalue weighted by Crippen LogP contribution is 2.23. The van der Waals surface area contributed by atoms with Crippen molar-refractivity contribution in [1.29, 1.82) is 0 Å². The third-order valence-corrected chi connectivity index (χ3v) is 4.53. The maximum absolute atomic E-state index is 13.0. The molecular weight excluding hydrogens is 290 g/mol. The molecule has 1 aromatic carbocycles. The summed E-state index contributed by atoms with van der Waals surface area (Å²) in [5.41, 5.74) is 0.253. The topological polar surface area (TPSA) is 55.2 Å². The first kappa shape index (κ1) is 15.7. The first-order valence-electron chi connectivity index (χ1n) is 8.30. The van der Waals surface area contributed by atoms with Gasteiger partial charge in [-0.25, -0.2) is 4.68 Å². The molecule has 5 nitrogen and oxygen atoms in total. The molecule has 3 rings (SSSR count). The van der Waals surface area contributed by atoms with Crippen molar-refractivity contribution in [3.63, 3.8) is 0 Å². The van der Waals surface area contributed by atoms with E-state index in [2.05, 4.69) is 18.9 Å². The summed E-state index contributed by atoms with van der Waals surface area (Å²) in [6.45, 7) is 8.18. The van der Waals surface area contributed by atoms with Crippen LogP contribution in [0.1, 0.15) is 37.7 Å². The number of rotatable bonds is 2. The molecule has 5 heteroatoms. The molecule has 1 aliphatic heterocycles. The number of carbonyl (C=O) groups is 1. The molecule has 2 heterocycles. The zero-order valence-electron chi connectivity index (χ0n) is 14.0. The molecule has 0 N–H and O–H groups in total. The fourth-order valence-electron chi connectivity index (χ4n) is 3.59. The van der Waals surface area contributed by atoms with E-state index in [0.717, 1.165) is 19.5 Å². The van der Waals surface area contributed by atoms with Crippen molar-refractivity contribution in [3.05, 3.63) is 40.3 Å². The fraction of sp³-hybridized carbons (Fsp3) is 0.500. The number of likely N-dealkylation sites (tertiary alicyclic amines) is 1. The van der Waals surface area contributed by atoms with E-state index in [1.807, 2.05) is 30.0 Å². The summed E-state index contributed by atoms with van der Waals surface area (Å²) >= 11 is 0. The Morgan fingerprint density at radius 3 is 2.39 bits per heavy atom. The standard InChI is InChI=1S/C18H23N3O2/c1-4-21-17(22)15-8-6-5-7-14(15)16(19-21)18(23)20-10-12(2)9-13(3)11-20/h5-8,12-13H,4,9-11H2,1-3H3. The number of fused-ring (bicyclic) bond motifs is 1. The van der Waals surface area contributed by atoms with Crippen molar-refractivity contribution in [3.8, 4) is 0 Å². The van der Waals surface area contributed by atoms with Gasteiger partial charge >= 0.3 is 0 Å². The quantitative estimate of drug-likeness (QED) is 0.856. The highest BCUT2D eigenvalue weighted by molar-refractivity contribution is 6.04. The number of nitrogens with zero attached hydrogens (tertiary/aromatic N) is 3. The highest BCUT2D eigenvalue weighted by atomic mass is 16.2. The Morgan fingerprint density at radius 2 is 1.78 bits per heavy atom. The molecule has 2 atom stereocenters. The third kappa shape index (κ3) is 2.87. The maximum Gasteiger partial charge on any atom is 0.274 e. The molecule has 2 aromatic rings. The Balaban J connectivity index is 2.10. The Labute approximate surface area is 135 Å². The predicted molar refractivity (Wildman–Crippen MR) is 90.5 cm³/mol. The van der Waals surface area contributed by atoms with Crippen molar-refractivity contribution in [2.45, 2.75) is 33.7 Å². The SMILES string of the molecule is CCn1nc(C(=O)N2CC(C)CC(C)C2)c2ccccc2c1=O. The van der Waals surface area contributed by atoms with Crippen LogP contribution in [0.4, 0.5) is 0 Å². The van der Waals surface area contributed by atoms with E-state index in [9.17, 15) is 9.59 Å². The Hall–Kier alpha value is -2.17. The summed E-state index contributed by atoms with van der Waals surface area (Å²) in [5, 5.41) is 5.57. The monoisotopic (exact) mass is 313 g/mol. The summed E-state index contributed by atoms with van der Waals surface area (Å²) in [6, 6.07) is 7.25. The molecule has 23 heavy (non-hydrogen) atoms. The van der Waals surface area contributed by atoms with E-state index in [1.165, 1.54) is 4.68 Å². The lowest BCUT2D eigenvalue weighted by molar-refractivity contribution is 0.0617. The number of aryl methyl sites for hydroxylation is 1. The van der Waals surface area contributed by atoms with Gasteiger partial charge in [-0.05, 0) is 31.2 Å². The van der Waals surface area contributed by atoms with E-state index < -0.39 is 0 Å². The van der Waals surface area contributed by atoms with Gasteiger partial charge in [0.1, 0.15) is 0 Å². The van der Waals surface area contributed by atoms with Gasteiger partial charge in [0.15, 0.2) is 5.69 Å². The Morgan fingerprint density at radius 1 is 1.17 bits per heavy atom. The molecule has 0 bridgehead atoms. The zero-order chi connectivity index (χ0) is 16.6. The van der Waals surface area contributed by atoms with Crippen molar-refractivity contribution in [2.24, 2.45) is 11.8 Å². The average molecular weight is 313 g/mol. The highest BCUT2D eigenvalue weighted by Gasteiger charge is 2.28. The van der Waals surface area contributed by atoms with Gasteiger partial charge in [-0.2, -0.15) is 5.10 Å². The van der Waals surface area contributed by atoms with Crippen LogP contribution in [0.5, 0.6) is 0 Å². The van der Waals surface area contributed by atoms with Gasteiger partial charge in [-0.3, -0.25) is 9.59 Å². The summed E-state index contributed by atoms with van der Waals surface area (Å²) in [4.78, 5) is 27.3. The van der Waals surface area contributed by atoms with E-state index >= 15 is 0 Å². The molecule has 0 aliphatic carbocycles. The molecular formula is C18H23N3O2. The van der Waals surface area contributed by atoms with Crippen LogP contribution in [-0.2, 0) is 6.54 Å². The molecule has 0 radical (unpaired) electrons. The second kappa shape index (κ2) is 6.14. The predicted octanol–water partition coefficient (Wildman–Crippen LogP) is 2.53. The minimum atomic E-state index is -0.139. The molecule has 1 aromatic heterocycles. The van der Waals surface area contributed by atoms with E-state index in [4.69, 9.17) is 0 Å². The summed E-state index contributed by atoms with van der Waals surface area (Å²) in [6.07, 6.45) is 1.15. The molecule has 0 spiro atoms. The number of aromatic nitrogens is 2. The van der Waals surface area contributed by atoms with Gasteiger partial charge in [0.05, 0.1) is 5.39 Å². The first-order chi connectivity index (χ1) is 11.0. The van der Waals surface area contributed by atoms with Crippen LogP contribution in [0.25, 0.3) is 10.8 Å². The van der Waals surface area contributed by atoms with E-state index in [1.54, 1.807) is 6.07 Å². The van der Waals surface area contributed by atoms with Crippen LogP contribution in [0.15, 0.2) is 29.1 Å². The lowest BCUT2D eigenvalue weighted by atomic mass is 9.91. The average Bonchev–Trinajstić information content (AvgIpc) is 2.54. The second-order valence-corrected chi connectivity index (χ2v) is 6.67. The number of benzene rings is 1. The van der Waals surface area contributed by atoms with Crippen LogP contribution in [0.3, 0.4) is 0 Å². The molecule has 2 unspecified atom stereocenters. The lowest BCUT2D eigenvalue weighted by Crippen LogP contribution is -2.43. The smallest absolute Gasteiger partial charge is 0.274 e. The van der Waals surface area contributed by atoms with Gasteiger partial charge in [-0.1, -0.05) is 32.0 Å². The number of carbonyl (C=O) groups excluding carboxylic acids is 1. The summed E-state index contributed by atoms with van der Waals surface area (Å²) in [7, 11) is 0. The minimum Gasteiger partial charge on any atom is -0.337 e. The van der Waals surface area contributed by atoms with Crippen LogP contribution in [0.2, 0.25) is 0 Å². The molecule has 122 valence electrons. The van der Waals surface area contributed by atoms with Gasteiger partial charge in [-0.15, -0.1) is 0 Å². The number of amides is 1. The van der Waals surface area contributed by atoms with Gasteiger partial charge < -0.3 is 4.90 Å². The van der Waals surface area contributed by atoms with E-state index in [0.29, 0.717) is 34.8 Å². The van der Waals surface area contributed by atoms with Crippen LogP contribution < -0.4 is 5.56 Å². The first-order valence-corrected chi connectivity index (χ1v) is 8.30. The van der Waals surface area contributed by atoms with Crippen LogP contribution in [0, 0.1) is 11.8 Å². The van der Waals surface area contributed by atoms with Crippen LogP contribution in [-0.4, -0.2) is 33.7 Å². The number of hydrogen-bond acceptors (Lipinski definition) is 3. The lowest BCUT2D eigenvalue weighted by Gasteiger charge is -2.35. The van der Waals surface area contributed by atoms with Crippen LogP contribution >= 0.6 is 0 Å². The molecule has 1 aliphatic rings. The Kier molecular flexibility index (Phi) is 4.20. The molecule has 1 amide bonds. The zero-order valence-corrected chi connectivity index (χ0v) is 14.0. The van der Waals surface area contributed by atoms with Crippen molar-refractivity contribution in [1.82, 2.24) is 14.7 Å². The molecule has 1 saturated heterocycles. The van der Waals surface area contributed by atoms with Gasteiger partial charge in [0.2, 0.25) is 0 Å². The minimum absolute atomic E-state index is 0.0678. The number of piperidine rings is 1. The maximum atomic E-state index is 13.0. The Bertz CT molecular complexity index is 786. The normalized spacial score (nSPS) is 21.6. The number of hydrogen-bond donors (Lipinski definition) is 0. The van der Waals surface area contributed by atoms with Crippen molar-refractivity contribution in [2.75, 3.05) is 13.1 Å². The molecule has 0 saturated carbocycles. The summed E-state index contributed by atoms with van der Waals surface area (Å²) in [5.74, 6) is 0.916. The fourth-order valence-corrected chi connectivity index (χ4v) is 3.59.